The summed E-state index contributed by atoms with van der Waals surface area (Å²) in [5, 5.41) is 8.84. The summed E-state index contributed by atoms with van der Waals surface area (Å²) in [6.45, 7) is 3.88. The molecular formula is C15H15BrO4. The van der Waals surface area contributed by atoms with Crippen LogP contribution < -0.4 is 4.74 Å². The van der Waals surface area contributed by atoms with Crippen LogP contribution in [0, 0.1) is 0 Å². The van der Waals surface area contributed by atoms with Crippen LogP contribution >= 0.6 is 15.9 Å². The van der Waals surface area contributed by atoms with E-state index in [1.54, 1.807) is 6.07 Å². The quantitative estimate of drug-likeness (QED) is 0.875. The molecule has 0 spiro atoms. The Balaban J connectivity index is 2.18. The van der Waals surface area contributed by atoms with E-state index in [9.17, 15) is 4.79 Å². The van der Waals surface area contributed by atoms with Crippen LogP contribution in [0.25, 0.3) is 0 Å². The molecule has 1 N–H and O–H groups in total. The molecule has 0 fully saturated rings. The lowest BCUT2D eigenvalue weighted by molar-refractivity contribution is 0.0655. The molecule has 0 saturated heterocycles. The minimum atomic E-state index is -1.08. The van der Waals surface area contributed by atoms with Gasteiger partial charge in [0.05, 0.1) is 0 Å². The molecule has 1 aromatic heterocycles. The van der Waals surface area contributed by atoms with E-state index >= 15 is 0 Å². The first-order valence-electron chi connectivity index (χ1n) is 6.29. The highest BCUT2D eigenvalue weighted by Crippen LogP contribution is 2.29. The van der Waals surface area contributed by atoms with Gasteiger partial charge in [0, 0.05) is 4.47 Å². The van der Waals surface area contributed by atoms with Gasteiger partial charge in [-0.2, -0.15) is 0 Å². The van der Waals surface area contributed by atoms with Crippen molar-refractivity contribution in [3.63, 3.8) is 0 Å². The normalized spacial score (nSPS) is 12.2. The van der Waals surface area contributed by atoms with Crippen LogP contribution in [0.2, 0.25) is 0 Å². The Hall–Kier alpha value is -1.75. The molecule has 0 aliphatic rings. The first-order valence-corrected chi connectivity index (χ1v) is 7.08. The first-order chi connectivity index (χ1) is 9.51. The predicted molar refractivity (Wildman–Crippen MR) is 78.2 cm³/mol. The van der Waals surface area contributed by atoms with Gasteiger partial charge in [-0.1, -0.05) is 22.9 Å². The molecule has 0 saturated carbocycles. The molecule has 0 amide bonds. The van der Waals surface area contributed by atoms with Gasteiger partial charge in [-0.3, -0.25) is 0 Å². The molecule has 2 aromatic rings. The minimum absolute atomic E-state index is 0.0815. The Labute approximate surface area is 125 Å². The molecule has 20 heavy (non-hydrogen) atoms. The van der Waals surface area contributed by atoms with Crippen LogP contribution in [-0.2, 0) is 6.42 Å². The molecule has 2 rings (SSSR count). The third kappa shape index (κ3) is 3.22. The Bertz CT molecular complexity index is 618. The van der Waals surface area contributed by atoms with Crippen molar-refractivity contribution in [1.29, 1.82) is 0 Å². The number of aryl methyl sites for hydroxylation is 1. The van der Waals surface area contributed by atoms with Crippen molar-refractivity contribution in [3.05, 3.63) is 51.9 Å². The van der Waals surface area contributed by atoms with Crippen molar-refractivity contribution in [2.45, 2.75) is 26.4 Å². The molecule has 0 bridgehead atoms. The fraction of sp³-hybridized carbons (Fsp3) is 0.267. The zero-order valence-corrected chi connectivity index (χ0v) is 12.8. The Kier molecular flexibility index (Phi) is 4.49. The smallest absolute Gasteiger partial charge is 0.371 e. The Morgan fingerprint density at radius 3 is 2.75 bits per heavy atom. The highest BCUT2D eigenvalue weighted by atomic mass is 79.9. The number of carboxylic acid groups (broad SMARTS) is 1. The lowest BCUT2D eigenvalue weighted by Crippen LogP contribution is -2.04. The average Bonchev–Trinajstić information content (AvgIpc) is 2.90. The van der Waals surface area contributed by atoms with Crippen molar-refractivity contribution < 1.29 is 19.1 Å². The summed E-state index contributed by atoms with van der Waals surface area (Å²) in [6, 6.07) is 8.86. The summed E-state index contributed by atoms with van der Waals surface area (Å²) >= 11 is 3.43. The van der Waals surface area contributed by atoms with Crippen molar-refractivity contribution in [1.82, 2.24) is 0 Å². The molecule has 0 aliphatic carbocycles. The Morgan fingerprint density at radius 2 is 2.15 bits per heavy atom. The second kappa shape index (κ2) is 6.13. The summed E-state index contributed by atoms with van der Waals surface area (Å²) in [5.41, 5.74) is 1.08. The second-order valence-electron chi connectivity index (χ2n) is 4.37. The lowest BCUT2D eigenvalue weighted by Gasteiger charge is -2.15. The van der Waals surface area contributed by atoms with E-state index in [2.05, 4.69) is 22.9 Å². The van der Waals surface area contributed by atoms with E-state index in [4.69, 9.17) is 14.3 Å². The van der Waals surface area contributed by atoms with E-state index in [0.717, 1.165) is 22.2 Å². The number of ether oxygens (including phenoxy) is 1. The molecule has 106 valence electrons. The number of benzene rings is 1. The standard InChI is InChI=1S/C15H15BrO4/c1-3-10-8-11(16)4-5-13(10)19-9(2)12-6-7-14(20-12)15(17)18/h4-9H,3H2,1-2H3,(H,17,18). The van der Waals surface area contributed by atoms with Gasteiger partial charge in [0.1, 0.15) is 11.5 Å². The van der Waals surface area contributed by atoms with Gasteiger partial charge in [-0.25, -0.2) is 4.79 Å². The van der Waals surface area contributed by atoms with Gasteiger partial charge >= 0.3 is 5.97 Å². The minimum Gasteiger partial charge on any atom is -0.482 e. The van der Waals surface area contributed by atoms with Crippen molar-refractivity contribution >= 4 is 21.9 Å². The predicted octanol–water partition coefficient (Wildman–Crippen LogP) is 4.44. The van der Waals surface area contributed by atoms with E-state index < -0.39 is 5.97 Å². The molecule has 1 heterocycles. The van der Waals surface area contributed by atoms with Crippen LogP contribution in [0.3, 0.4) is 0 Å². The maximum absolute atomic E-state index is 10.8. The topological polar surface area (TPSA) is 59.7 Å². The third-order valence-corrected chi connectivity index (χ3v) is 3.44. The van der Waals surface area contributed by atoms with Gasteiger partial charge in [0.25, 0.3) is 0 Å². The molecular weight excluding hydrogens is 324 g/mol. The van der Waals surface area contributed by atoms with Crippen LogP contribution in [0.4, 0.5) is 0 Å². The third-order valence-electron chi connectivity index (χ3n) is 2.95. The maximum Gasteiger partial charge on any atom is 0.371 e. The summed E-state index contributed by atoms with van der Waals surface area (Å²) in [6.07, 6.45) is 0.495. The highest BCUT2D eigenvalue weighted by Gasteiger charge is 2.16. The fourth-order valence-corrected chi connectivity index (χ4v) is 2.28. The second-order valence-corrected chi connectivity index (χ2v) is 5.29. The van der Waals surface area contributed by atoms with Crippen molar-refractivity contribution in [2.75, 3.05) is 0 Å². The molecule has 1 unspecified atom stereocenters. The van der Waals surface area contributed by atoms with E-state index in [-0.39, 0.29) is 11.9 Å². The molecule has 4 nitrogen and oxygen atoms in total. The Morgan fingerprint density at radius 1 is 1.40 bits per heavy atom. The van der Waals surface area contributed by atoms with Crippen molar-refractivity contribution in [3.8, 4) is 5.75 Å². The van der Waals surface area contributed by atoms with Gasteiger partial charge in [-0.15, -0.1) is 0 Å². The molecule has 1 atom stereocenters. The van der Waals surface area contributed by atoms with Crippen LogP contribution in [0.5, 0.6) is 5.75 Å². The monoisotopic (exact) mass is 338 g/mol. The van der Waals surface area contributed by atoms with Crippen LogP contribution in [-0.4, -0.2) is 11.1 Å². The van der Waals surface area contributed by atoms with Gasteiger partial charge in [0.15, 0.2) is 6.10 Å². The number of hydrogen-bond donors (Lipinski definition) is 1. The van der Waals surface area contributed by atoms with Crippen LogP contribution in [0.1, 0.15) is 41.8 Å². The summed E-state index contributed by atoms with van der Waals surface area (Å²) < 4.78 is 12.1. The summed E-state index contributed by atoms with van der Waals surface area (Å²) in [7, 11) is 0. The summed E-state index contributed by atoms with van der Waals surface area (Å²) in [4.78, 5) is 10.8. The van der Waals surface area contributed by atoms with E-state index in [1.165, 1.54) is 6.07 Å². The van der Waals surface area contributed by atoms with Gasteiger partial charge < -0.3 is 14.3 Å². The number of halogens is 1. The number of carbonyl (C=O) groups is 1. The lowest BCUT2D eigenvalue weighted by atomic mass is 10.1. The zero-order chi connectivity index (χ0) is 14.7. The molecule has 0 aliphatic heterocycles. The first kappa shape index (κ1) is 14.7. The van der Waals surface area contributed by atoms with E-state index in [0.29, 0.717) is 5.76 Å². The van der Waals surface area contributed by atoms with Gasteiger partial charge in [-0.05, 0) is 49.2 Å². The number of carboxylic acids is 1. The highest BCUT2D eigenvalue weighted by molar-refractivity contribution is 9.10. The number of aromatic carboxylic acids is 1. The number of hydrogen-bond acceptors (Lipinski definition) is 3. The van der Waals surface area contributed by atoms with Gasteiger partial charge in [0.2, 0.25) is 5.76 Å². The SMILES string of the molecule is CCc1cc(Br)ccc1OC(C)c1ccc(C(=O)O)o1. The number of rotatable bonds is 5. The maximum atomic E-state index is 10.8. The molecule has 5 heteroatoms. The van der Waals surface area contributed by atoms with Crippen molar-refractivity contribution in [2.24, 2.45) is 0 Å². The van der Waals surface area contributed by atoms with Crippen LogP contribution in [0.15, 0.2) is 39.2 Å². The molecule has 1 aromatic carbocycles. The fourth-order valence-electron chi connectivity index (χ4n) is 1.87. The largest absolute Gasteiger partial charge is 0.482 e. The van der Waals surface area contributed by atoms with E-state index in [1.807, 2.05) is 25.1 Å². The zero-order valence-electron chi connectivity index (χ0n) is 11.2. The average molecular weight is 339 g/mol. The number of furan rings is 1. The summed E-state index contributed by atoms with van der Waals surface area (Å²) in [5.74, 6) is 0.104. The molecule has 0 radical (unpaired) electrons.